The van der Waals surface area contributed by atoms with Crippen molar-refractivity contribution >= 4 is 38.9 Å². The van der Waals surface area contributed by atoms with E-state index in [4.69, 9.17) is 23.2 Å². The fourth-order valence-electron chi connectivity index (χ4n) is 2.04. The lowest BCUT2D eigenvalue weighted by molar-refractivity contribution is -0.137. The lowest BCUT2D eigenvalue weighted by Gasteiger charge is -2.23. The molecule has 130 valence electrons. The Balaban J connectivity index is 2.42. The van der Waals surface area contributed by atoms with Crippen LogP contribution in [0.3, 0.4) is 0 Å². The van der Waals surface area contributed by atoms with Crippen molar-refractivity contribution in [3.8, 4) is 0 Å². The van der Waals surface area contributed by atoms with Crippen LogP contribution in [0.15, 0.2) is 42.5 Å². The number of anilines is 1. The molecule has 2 aromatic carbocycles. The van der Waals surface area contributed by atoms with Gasteiger partial charge in [0.1, 0.15) is 0 Å². The number of hydrogen-bond donors (Lipinski definition) is 0. The van der Waals surface area contributed by atoms with Crippen LogP contribution in [0.4, 0.5) is 18.9 Å². The lowest BCUT2D eigenvalue weighted by atomic mass is 10.2. The second-order valence-electron chi connectivity index (χ2n) is 5.03. The minimum Gasteiger partial charge on any atom is -0.266 e. The Morgan fingerprint density at radius 1 is 1.04 bits per heavy atom. The minimum atomic E-state index is -4.50. The van der Waals surface area contributed by atoms with Crippen LogP contribution in [0.5, 0.6) is 0 Å². The topological polar surface area (TPSA) is 37.4 Å². The summed E-state index contributed by atoms with van der Waals surface area (Å²) in [4.78, 5) is 0. The van der Waals surface area contributed by atoms with Crippen LogP contribution < -0.4 is 4.31 Å². The molecule has 9 heteroatoms. The largest absolute Gasteiger partial charge is 0.416 e. The number of benzene rings is 2. The molecule has 3 nitrogen and oxygen atoms in total. The molecule has 24 heavy (non-hydrogen) atoms. The average Bonchev–Trinajstić information content (AvgIpc) is 2.47. The highest BCUT2D eigenvalue weighted by Gasteiger charge is 2.30. The van der Waals surface area contributed by atoms with Crippen LogP contribution in [0.2, 0.25) is 10.0 Å². The van der Waals surface area contributed by atoms with E-state index in [0.29, 0.717) is 5.56 Å². The van der Waals surface area contributed by atoms with Gasteiger partial charge in [0.2, 0.25) is 10.0 Å². The zero-order valence-electron chi connectivity index (χ0n) is 12.3. The molecule has 0 N–H and O–H groups in total. The molecular weight excluding hydrogens is 386 g/mol. The molecule has 0 aliphatic carbocycles. The third-order valence-electron chi connectivity index (χ3n) is 3.23. The second-order valence-corrected chi connectivity index (χ2v) is 7.72. The quantitative estimate of drug-likeness (QED) is 0.729. The van der Waals surface area contributed by atoms with Gasteiger partial charge in [-0.2, -0.15) is 13.2 Å². The molecule has 0 bridgehead atoms. The third-order valence-corrected chi connectivity index (χ3v) is 5.23. The maximum absolute atomic E-state index is 12.6. The Morgan fingerprint density at radius 2 is 1.62 bits per heavy atom. The predicted molar refractivity (Wildman–Crippen MR) is 88.9 cm³/mol. The van der Waals surface area contributed by atoms with Gasteiger partial charge in [0.15, 0.2) is 0 Å². The highest BCUT2D eigenvalue weighted by atomic mass is 35.5. The van der Waals surface area contributed by atoms with Gasteiger partial charge in [-0.1, -0.05) is 35.3 Å². The van der Waals surface area contributed by atoms with Crippen LogP contribution in [0, 0.1) is 0 Å². The van der Waals surface area contributed by atoms with Crippen LogP contribution in [0.25, 0.3) is 0 Å². The molecule has 0 fully saturated rings. The summed E-state index contributed by atoms with van der Waals surface area (Å²) < 4.78 is 63.0. The lowest BCUT2D eigenvalue weighted by Crippen LogP contribution is -2.29. The highest BCUT2D eigenvalue weighted by molar-refractivity contribution is 7.92. The summed E-state index contributed by atoms with van der Waals surface area (Å²) in [5, 5.41) is 0.453. The Bertz CT molecular complexity index is 837. The monoisotopic (exact) mass is 397 g/mol. The number of sulfonamides is 1. The van der Waals surface area contributed by atoms with Crippen molar-refractivity contribution in [3.05, 3.63) is 63.6 Å². The molecule has 0 saturated heterocycles. The number of halogens is 5. The van der Waals surface area contributed by atoms with Crippen molar-refractivity contribution in [2.75, 3.05) is 10.6 Å². The molecule has 0 radical (unpaired) electrons. The summed E-state index contributed by atoms with van der Waals surface area (Å²) in [5.74, 6) is 0. The SMILES string of the molecule is CS(=O)(=O)N(Cc1cccc(Cl)c1Cl)c1ccc(C(F)(F)F)cc1. The number of rotatable bonds is 4. The van der Waals surface area contributed by atoms with Crippen molar-refractivity contribution in [2.24, 2.45) is 0 Å². The maximum Gasteiger partial charge on any atom is 0.416 e. The molecule has 0 amide bonds. The summed E-state index contributed by atoms with van der Waals surface area (Å²) in [7, 11) is -3.74. The summed E-state index contributed by atoms with van der Waals surface area (Å²) in [6, 6.07) is 8.61. The Labute approximate surface area is 147 Å². The number of nitrogens with zero attached hydrogens (tertiary/aromatic N) is 1. The number of alkyl halides is 3. The van der Waals surface area contributed by atoms with Crippen molar-refractivity contribution in [1.82, 2.24) is 0 Å². The molecule has 0 unspecified atom stereocenters. The molecule has 0 aliphatic heterocycles. The Morgan fingerprint density at radius 3 is 2.12 bits per heavy atom. The summed E-state index contributed by atoms with van der Waals surface area (Å²) in [5.41, 5.74) is -0.323. The van der Waals surface area contributed by atoms with Crippen molar-refractivity contribution < 1.29 is 21.6 Å². The third kappa shape index (κ3) is 4.34. The van der Waals surface area contributed by atoms with E-state index in [-0.39, 0.29) is 22.3 Å². The van der Waals surface area contributed by atoms with Gasteiger partial charge in [-0.15, -0.1) is 0 Å². The Kier molecular flexibility index (Phi) is 5.37. The van der Waals surface area contributed by atoms with E-state index in [9.17, 15) is 21.6 Å². The molecule has 2 rings (SSSR count). The van der Waals surface area contributed by atoms with Gasteiger partial charge in [0, 0.05) is 0 Å². The van der Waals surface area contributed by atoms with E-state index in [1.165, 1.54) is 0 Å². The molecule has 0 saturated carbocycles. The second kappa shape index (κ2) is 6.82. The van der Waals surface area contributed by atoms with Crippen LogP contribution in [0.1, 0.15) is 11.1 Å². The highest BCUT2D eigenvalue weighted by Crippen LogP contribution is 2.32. The molecule has 2 aromatic rings. The van der Waals surface area contributed by atoms with E-state index in [0.717, 1.165) is 34.8 Å². The fourth-order valence-corrected chi connectivity index (χ4v) is 3.30. The first-order valence-electron chi connectivity index (χ1n) is 6.58. The first-order chi connectivity index (χ1) is 11.0. The van der Waals surface area contributed by atoms with Gasteiger partial charge in [-0.25, -0.2) is 8.42 Å². The molecular formula is C15H12Cl2F3NO2S. The zero-order valence-corrected chi connectivity index (χ0v) is 14.6. The van der Waals surface area contributed by atoms with E-state index < -0.39 is 21.8 Å². The smallest absolute Gasteiger partial charge is 0.266 e. The van der Waals surface area contributed by atoms with Crippen molar-refractivity contribution in [1.29, 1.82) is 0 Å². The summed E-state index contributed by atoms with van der Waals surface area (Å²) in [6.07, 6.45) is -3.53. The van der Waals surface area contributed by atoms with Crippen molar-refractivity contribution in [2.45, 2.75) is 12.7 Å². The molecule has 0 atom stereocenters. The first-order valence-corrected chi connectivity index (χ1v) is 9.18. The van der Waals surface area contributed by atoms with E-state index >= 15 is 0 Å². The van der Waals surface area contributed by atoms with E-state index in [1.54, 1.807) is 18.2 Å². The summed E-state index contributed by atoms with van der Waals surface area (Å²) >= 11 is 12.0. The Hall–Kier alpha value is -1.44. The molecule has 0 spiro atoms. The van der Waals surface area contributed by atoms with E-state index in [1.807, 2.05) is 0 Å². The molecule has 0 heterocycles. The van der Waals surface area contributed by atoms with Crippen molar-refractivity contribution in [3.63, 3.8) is 0 Å². The normalized spacial score (nSPS) is 12.2. The van der Waals surface area contributed by atoms with Crippen LogP contribution in [-0.4, -0.2) is 14.7 Å². The molecule has 0 aromatic heterocycles. The standard InChI is InChI=1S/C15H12Cl2F3NO2S/c1-24(22,23)21(9-10-3-2-4-13(16)14(10)17)12-7-5-11(6-8-12)15(18,19)20/h2-8H,9H2,1H3. The fraction of sp³-hybridized carbons (Fsp3) is 0.200. The van der Waals surface area contributed by atoms with E-state index in [2.05, 4.69) is 0 Å². The van der Waals surface area contributed by atoms with Gasteiger partial charge < -0.3 is 0 Å². The van der Waals surface area contributed by atoms with Gasteiger partial charge in [-0.05, 0) is 35.9 Å². The average molecular weight is 398 g/mol. The van der Waals surface area contributed by atoms with Gasteiger partial charge >= 0.3 is 6.18 Å². The zero-order chi connectivity index (χ0) is 18.1. The van der Waals surface area contributed by atoms with Crippen LogP contribution in [-0.2, 0) is 22.7 Å². The molecule has 0 aliphatic rings. The number of hydrogen-bond acceptors (Lipinski definition) is 2. The minimum absolute atomic E-state index is 0.0987. The van der Waals surface area contributed by atoms with Gasteiger partial charge in [0.25, 0.3) is 0 Å². The van der Waals surface area contributed by atoms with Crippen LogP contribution >= 0.6 is 23.2 Å². The summed E-state index contributed by atoms with van der Waals surface area (Å²) in [6.45, 7) is -0.149. The maximum atomic E-state index is 12.6. The van der Waals surface area contributed by atoms with Gasteiger partial charge in [0.05, 0.1) is 34.1 Å². The first kappa shape index (κ1) is 18.9. The predicted octanol–water partition coefficient (Wildman–Crippen LogP) is 4.98. The van der Waals surface area contributed by atoms with Gasteiger partial charge in [-0.3, -0.25) is 4.31 Å².